The molecule has 0 saturated heterocycles. The second-order valence-corrected chi connectivity index (χ2v) is 6.36. The lowest BCUT2D eigenvalue weighted by molar-refractivity contribution is -0.137. The first-order valence-corrected chi connectivity index (χ1v) is 6.93. The van der Waals surface area contributed by atoms with E-state index in [1.165, 1.54) is 6.07 Å². The summed E-state index contributed by atoms with van der Waals surface area (Å²) < 4.78 is 31.4. The van der Waals surface area contributed by atoms with Crippen molar-refractivity contribution in [3.05, 3.63) is 17.9 Å². The summed E-state index contributed by atoms with van der Waals surface area (Å²) in [5, 5.41) is 8.44. The zero-order chi connectivity index (χ0) is 14.0. The Morgan fingerprint density at radius 1 is 1.44 bits per heavy atom. The number of furan rings is 1. The number of sulfonamides is 1. The molecule has 0 spiro atoms. The van der Waals surface area contributed by atoms with Gasteiger partial charge in [0, 0.05) is 12.0 Å². The predicted octanol–water partition coefficient (Wildman–Crippen LogP) is 1.51. The Balaban J connectivity index is 2.79. The van der Waals surface area contributed by atoms with Crippen molar-refractivity contribution in [2.75, 3.05) is 0 Å². The molecule has 0 aliphatic carbocycles. The Labute approximate surface area is 106 Å². The summed E-state index contributed by atoms with van der Waals surface area (Å²) in [5.74, 6) is -0.463. The highest BCUT2D eigenvalue weighted by Gasteiger charge is 2.28. The molecule has 6 nitrogen and oxygen atoms in total. The van der Waals surface area contributed by atoms with Gasteiger partial charge in [0.25, 0.3) is 10.0 Å². The van der Waals surface area contributed by atoms with Gasteiger partial charge in [-0.25, -0.2) is 13.1 Å². The van der Waals surface area contributed by atoms with Crippen molar-refractivity contribution in [2.45, 2.75) is 44.2 Å². The summed E-state index contributed by atoms with van der Waals surface area (Å²) >= 11 is 0. The molecule has 0 aliphatic rings. The average Bonchev–Trinajstić information content (AvgIpc) is 2.61. The third-order valence-electron chi connectivity index (χ3n) is 2.36. The fourth-order valence-corrected chi connectivity index (χ4v) is 2.86. The first kappa shape index (κ1) is 14.7. The van der Waals surface area contributed by atoms with Gasteiger partial charge >= 0.3 is 5.97 Å². The maximum absolute atomic E-state index is 12.0. The molecule has 102 valence electrons. The van der Waals surface area contributed by atoms with Crippen LogP contribution in [0.15, 0.2) is 21.6 Å². The van der Waals surface area contributed by atoms with E-state index >= 15 is 0 Å². The van der Waals surface area contributed by atoms with Crippen LogP contribution in [0.2, 0.25) is 0 Å². The number of nitrogens with one attached hydrogen (secondary N) is 1. The van der Waals surface area contributed by atoms with E-state index in [-0.39, 0.29) is 17.9 Å². The summed E-state index contributed by atoms with van der Waals surface area (Å²) in [5.41, 5.74) is -0.849. The molecule has 0 saturated carbocycles. The highest BCUT2D eigenvalue weighted by atomic mass is 32.2. The Morgan fingerprint density at radius 2 is 2.06 bits per heavy atom. The quantitative estimate of drug-likeness (QED) is 0.820. The van der Waals surface area contributed by atoms with E-state index in [2.05, 4.69) is 4.72 Å². The fourth-order valence-electron chi connectivity index (χ4n) is 1.44. The summed E-state index contributed by atoms with van der Waals surface area (Å²) in [6.45, 7) is 4.90. The average molecular weight is 275 g/mol. The molecule has 7 heteroatoms. The zero-order valence-electron chi connectivity index (χ0n) is 10.6. The molecule has 1 aromatic rings. The van der Waals surface area contributed by atoms with E-state index in [4.69, 9.17) is 9.52 Å². The second kappa shape index (κ2) is 5.11. The molecule has 1 heterocycles. The molecule has 0 atom stereocenters. The van der Waals surface area contributed by atoms with Crippen molar-refractivity contribution < 1.29 is 22.7 Å². The van der Waals surface area contributed by atoms with Crippen molar-refractivity contribution in [3.8, 4) is 0 Å². The minimum absolute atomic E-state index is 0.104. The van der Waals surface area contributed by atoms with E-state index in [1.807, 2.05) is 0 Å². The molecule has 18 heavy (non-hydrogen) atoms. The van der Waals surface area contributed by atoms with Crippen LogP contribution in [0.4, 0.5) is 0 Å². The van der Waals surface area contributed by atoms with Gasteiger partial charge in [-0.3, -0.25) is 4.79 Å². The molecule has 0 bridgehead atoms. The molecule has 1 aromatic heterocycles. The van der Waals surface area contributed by atoms with Crippen LogP contribution >= 0.6 is 0 Å². The predicted molar refractivity (Wildman–Crippen MR) is 64.7 cm³/mol. The lowest BCUT2D eigenvalue weighted by Crippen LogP contribution is -2.43. The highest BCUT2D eigenvalue weighted by molar-refractivity contribution is 7.89. The van der Waals surface area contributed by atoms with Crippen LogP contribution in [0.5, 0.6) is 0 Å². The number of aliphatic carboxylic acids is 1. The van der Waals surface area contributed by atoms with Crippen molar-refractivity contribution in [1.82, 2.24) is 4.72 Å². The first-order chi connectivity index (χ1) is 8.12. The van der Waals surface area contributed by atoms with Crippen LogP contribution in [-0.4, -0.2) is 25.0 Å². The number of carboxylic acids is 1. The molecule has 2 N–H and O–H groups in total. The van der Waals surface area contributed by atoms with Gasteiger partial charge in [0.1, 0.15) is 5.76 Å². The number of carboxylic acid groups (broad SMARTS) is 1. The Kier molecular flexibility index (Phi) is 4.18. The van der Waals surface area contributed by atoms with Gasteiger partial charge in [0.05, 0.1) is 0 Å². The van der Waals surface area contributed by atoms with E-state index in [0.29, 0.717) is 5.76 Å². The normalized spacial score (nSPS) is 12.6. The Hall–Kier alpha value is -1.34. The highest BCUT2D eigenvalue weighted by Crippen LogP contribution is 2.18. The maximum Gasteiger partial charge on any atom is 0.303 e. The number of rotatable bonds is 6. The van der Waals surface area contributed by atoms with Gasteiger partial charge in [0.2, 0.25) is 5.09 Å². The van der Waals surface area contributed by atoms with Crippen LogP contribution in [0.3, 0.4) is 0 Å². The molecular formula is C11H17NO5S. The van der Waals surface area contributed by atoms with E-state index in [0.717, 1.165) is 0 Å². The molecule has 0 fully saturated rings. The van der Waals surface area contributed by atoms with Crippen molar-refractivity contribution in [1.29, 1.82) is 0 Å². The van der Waals surface area contributed by atoms with Gasteiger partial charge in [-0.15, -0.1) is 0 Å². The van der Waals surface area contributed by atoms with Gasteiger partial charge in [-0.05, 0) is 39.3 Å². The smallest absolute Gasteiger partial charge is 0.303 e. The largest absolute Gasteiger partial charge is 0.481 e. The summed E-state index contributed by atoms with van der Waals surface area (Å²) in [6.07, 6.45) is 0.0912. The van der Waals surface area contributed by atoms with Crippen LogP contribution < -0.4 is 4.72 Å². The zero-order valence-corrected chi connectivity index (χ0v) is 11.4. The monoisotopic (exact) mass is 275 g/mol. The standard InChI is InChI=1S/C11H17NO5S/c1-8-4-5-10(17-8)18(15,16)12-11(2,3)7-6-9(13)14/h4-5,12H,6-7H2,1-3H3,(H,13,14). The number of aryl methyl sites for hydroxylation is 1. The van der Waals surface area contributed by atoms with Gasteiger partial charge in [0.15, 0.2) is 0 Å². The first-order valence-electron chi connectivity index (χ1n) is 5.45. The second-order valence-electron chi connectivity index (χ2n) is 4.75. The summed E-state index contributed by atoms with van der Waals surface area (Å²) in [4.78, 5) is 10.5. The Bertz CT molecular complexity index is 529. The molecular weight excluding hydrogens is 258 g/mol. The summed E-state index contributed by atoms with van der Waals surface area (Å²) in [6, 6.07) is 2.92. The van der Waals surface area contributed by atoms with Gasteiger partial charge in [-0.1, -0.05) is 0 Å². The Morgan fingerprint density at radius 3 is 2.50 bits per heavy atom. The lowest BCUT2D eigenvalue weighted by Gasteiger charge is -2.24. The molecule has 0 radical (unpaired) electrons. The van der Waals surface area contributed by atoms with Crippen LogP contribution in [0.1, 0.15) is 32.4 Å². The molecule has 0 amide bonds. The minimum Gasteiger partial charge on any atom is -0.481 e. The third-order valence-corrected chi connectivity index (χ3v) is 3.93. The fraction of sp³-hybridized carbons (Fsp3) is 0.545. The van der Waals surface area contributed by atoms with E-state index in [1.54, 1.807) is 26.8 Å². The van der Waals surface area contributed by atoms with Crippen LogP contribution in [0.25, 0.3) is 0 Å². The molecule has 1 rings (SSSR count). The van der Waals surface area contributed by atoms with Crippen LogP contribution in [0, 0.1) is 6.92 Å². The molecule has 0 aliphatic heterocycles. The topological polar surface area (TPSA) is 96.6 Å². The van der Waals surface area contributed by atoms with Gasteiger partial charge in [-0.2, -0.15) is 0 Å². The van der Waals surface area contributed by atoms with Crippen molar-refractivity contribution in [2.24, 2.45) is 0 Å². The van der Waals surface area contributed by atoms with E-state index in [9.17, 15) is 13.2 Å². The molecule has 0 aromatic carbocycles. The minimum atomic E-state index is -3.75. The summed E-state index contributed by atoms with van der Waals surface area (Å²) in [7, 11) is -3.75. The van der Waals surface area contributed by atoms with Crippen LogP contribution in [-0.2, 0) is 14.8 Å². The van der Waals surface area contributed by atoms with Crippen molar-refractivity contribution in [3.63, 3.8) is 0 Å². The number of hydrogen-bond donors (Lipinski definition) is 2. The van der Waals surface area contributed by atoms with Gasteiger partial charge < -0.3 is 9.52 Å². The van der Waals surface area contributed by atoms with Crippen molar-refractivity contribution >= 4 is 16.0 Å². The maximum atomic E-state index is 12.0. The number of carbonyl (C=O) groups is 1. The third kappa shape index (κ3) is 4.15. The van der Waals surface area contributed by atoms with E-state index < -0.39 is 21.5 Å². The molecule has 0 unspecified atom stereocenters. The lowest BCUT2D eigenvalue weighted by atomic mass is 10.0. The number of hydrogen-bond acceptors (Lipinski definition) is 4. The SMILES string of the molecule is Cc1ccc(S(=O)(=O)NC(C)(C)CCC(=O)O)o1.